The topological polar surface area (TPSA) is 26.3 Å². The fourth-order valence-electron chi connectivity index (χ4n) is 2.65. The molecule has 0 bridgehead atoms. The summed E-state index contributed by atoms with van der Waals surface area (Å²) in [6, 6.07) is 6.29. The second-order valence-corrected chi connectivity index (χ2v) is 4.69. The van der Waals surface area contributed by atoms with Crippen LogP contribution in [0.4, 0.5) is 4.39 Å². The molecule has 3 heteroatoms. The van der Waals surface area contributed by atoms with Crippen molar-refractivity contribution in [2.45, 2.75) is 31.1 Å². The highest BCUT2D eigenvalue weighted by Gasteiger charge is 2.44. The van der Waals surface area contributed by atoms with E-state index < -0.39 is 5.41 Å². The average molecular weight is 248 g/mol. The Kier molecular flexibility index (Phi) is 3.80. The second-order valence-electron chi connectivity index (χ2n) is 4.69. The van der Waals surface area contributed by atoms with Crippen molar-refractivity contribution in [1.29, 1.82) is 0 Å². The third-order valence-corrected chi connectivity index (χ3v) is 3.56. The van der Waals surface area contributed by atoms with Crippen LogP contribution in [0.1, 0.15) is 31.2 Å². The summed E-state index contributed by atoms with van der Waals surface area (Å²) < 4.78 is 18.5. The van der Waals surface area contributed by atoms with E-state index in [0.717, 1.165) is 31.2 Å². The summed E-state index contributed by atoms with van der Waals surface area (Å²) in [4.78, 5) is 12.2. The van der Waals surface area contributed by atoms with Crippen molar-refractivity contribution < 1.29 is 13.9 Å². The maximum absolute atomic E-state index is 13.3. The predicted octanol–water partition coefficient (Wildman–Crippen LogP) is 3.37. The standard InChI is InChI=1S/C15H17FO2/c1-2-10-18-14(17)15(8-3-4-9-15)12-6-5-7-13(16)11-12/h2,5-7,11H,1,3-4,8-10H2. The zero-order valence-corrected chi connectivity index (χ0v) is 10.3. The Morgan fingerprint density at radius 2 is 2.17 bits per heavy atom. The first-order valence-electron chi connectivity index (χ1n) is 6.23. The molecule has 0 unspecified atom stereocenters. The molecule has 0 amide bonds. The van der Waals surface area contributed by atoms with E-state index in [2.05, 4.69) is 6.58 Å². The Labute approximate surface area is 106 Å². The molecule has 0 N–H and O–H groups in total. The Hall–Kier alpha value is -1.64. The van der Waals surface area contributed by atoms with E-state index in [-0.39, 0.29) is 18.4 Å². The van der Waals surface area contributed by atoms with Crippen molar-refractivity contribution in [2.75, 3.05) is 6.61 Å². The molecular weight excluding hydrogens is 231 g/mol. The van der Waals surface area contributed by atoms with Crippen molar-refractivity contribution in [3.63, 3.8) is 0 Å². The van der Waals surface area contributed by atoms with Crippen molar-refractivity contribution in [3.8, 4) is 0 Å². The minimum absolute atomic E-state index is 0.204. The van der Waals surface area contributed by atoms with Gasteiger partial charge in [0.15, 0.2) is 0 Å². The highest BCUT2D eigenvalue weighted by Crippen LogP contribution is 2.42. The minimum atomic E-state index is -0.662. The average Bonchev–Trinajstić information content (AvgIpc) is 2.86. The molecule has 0 aliphatic heterocycles. The van der Waals surface area contributed by atoms with Gasteiger partial charge < -0.3 is 4.74 Å². The van der Waals surface area contributed by atoms with E-state index in [1.165, 1.54) is 12.1 Å². The Morgan fingerprint density at radius 3 is 2.78 bits per heavy atom. The molecule has 0 saturated heterocycles. The number of ether oxygens (including phenoxy) is 1. The number of carbonyl (C=O) groups is 1. The van der Waals surface area contributed by atoms with Gasteiger partial charge in [0.1, 0.15) is 12.4 Å². The highest BCUT2D eigenvalue weighted by molar-refractivity contribution is 5.83. The highest BCUT2D eigenvalue weighted by atomic mass is 19.1. The van der Waals surface area contributed by atoms with Gasteiger partial charge in [-0.3, -0.25) is 4.79 Å². The molecule has 0 radical (unpaired) electrons. The first-order valence-corrected chi connectivity index (χ1v) is 6.23. The summed E-state index contributed by atoms with van der Waals surface area (Å²) in [7, 11) is 0. The van der Waals surface area contributed by atoms with Crippen LogP contribution in [0.25, 0.3) is 0 Å². The van der Waals surface area contributed by atoms with E-state index in [4.69, 9.17) is 4.74 Å². The van der Waals surface area contributed by atoms with Crippen LogP contribution < -0.4 is 0 Å². The maximum Gasteiger partial charge on any atom is 0.316 e. The molecule has 0 atom stereocenters. The molecule has 1 aromatic carbocycles. The van der Waals surface area contributed by atoms with Gasteiger partial charge in [0.2, 0.25) is 0 Å². The third-order valence-electron chi connectivity index (χ3n) is 3.56. The smallest absolute Gasteiger partial charge is 0.316 e. The van der Waals surface area contributed by atoms with Crippen LogP contribution in [0.2, 0.25) is 0 Å². The molecule has 96 valence electrons. The molecule has 2 nitrogen and oxygen atoms in total. The van der Waals surface area contributed by atoms with E-state index in [0.29, 0.717) is 0 Å². The van der Waals surface area contributed by atoms with Gasteiger partial charge in [-0.05, 0) is 30.5 Å². The number of carbonyl (C=O) groups excluding carboxylic acids is 1. The van der Waals surface area contributed by atoms with E-state index in [9.17, 15) is 9.18 Å². The zero-order valence-electron chi connectivity index (χ0n) is 10.3. The fraction of sp³-hybridized carbons (Fsp3) is 0.400. The van der Waals surface area contributed by atoms with Crippen molar-refractivity contribution >= 4 is 5.97 Å². The largest absolute Gasteiger partial charge is 0.461 e. The van der Waals surface area contributed by atoms with E-state index in [1.54, 1.807) is 12.1 Å². The molecule has 1 aromatic rings. The molecule has 0 aromatic heterocycles. The molecule has 1 saturated carbocycles. The quantitative estimate of drug-likeness (QED) is 0.603. The number of rotatable bonds is 4. The van der Waals surface area contributed by atoms with Crippen LogP contribution in [0.15, 0.2) is 36.9 Å². The number of halogens is 1. The van der Waals surface area contributed by atoms with Gasteiger partial charge in [0.05, 0.1) is 5.41 Å². The Bertz CT molecular complexity index is 448. The summed E-state index contributed by atoms with van der Waals surface area (Å²) in [5.74, 6) is -0.569. The molecular formula is C15H17FO2. The summed E-state index contributed by atoms with van der Waals surface area (Å²) >= 11 is 0. The lowest BCUT2D eigenvalue weighted by Crippen LogP contribution is -2.34. The van der Waals surface area contributed by atoms with Gasteiger partial charge in [-0.25, -0.2) is 4.39 Å². The number of hydrogen-bond acceptors (Lipinski definition) is 2. The van der Waals surface area contributed by atoms with Crippen LogP contribution in [0, 0.1) is 5.82 Å². The van der Waals surface area contributed by atoms with Gasteiger partial charge in [-0.2, -0.15) is 0 Å². The summed E-state index contributed by atoms with van der Waals surface area (Å²) in [5, 5.41) is 0. The van der Waals surface area contributed by atoms with Crippen LogP contribution in [0.3, 0.4) is 0 Å². The SMILES string of the molecule is C=CCOC(=O)C1(c2cccc(F)c2)CCCC1. The molecule has 2 rings (SSSR count). The minimum Gasteiger partial charge on any atom is -0.461 e. The number of esters is 1. The summed E-state index contributed by atoms with van der Waals surface area (Å²) in [6.45, 7) is 3.74. The number of hydrogen-bond donors (Lipinski definition) is 0. The molecule has 1 fully saturated rings. The zero-order chi connectivity index (χ0) is 13.0. The van der Waals surface area contributed by atoms with Gasteiger partial charge in [0, 0.05) is 0 Å². The number of benzene rings is 1. The monoisotopic (exact) mass is 248 g/mol. The van der Waals surface area contributed by atoms with Crippen LogP contribution in [0.5, 0.6) is 0 Å². The van der Waals surface area contributed by atoms with Crippen molar-refractivity contribution in [2.24, 2.45) is 0 Å². The first kappa shape index (κ1) is 12.8. The summed E-state index contributed by atoms with van der Waals surface area (Å²) in [6.07, 6.45) is 4.95. The van der Waals surface area contributed by atoms with Crippen molar-refractivity contribution in [1.82, 2.24) is 0 Å². The van der Waals surface area contributed by atoms with Crippen LogP contribution in [-0.2, 0) is 14.9 Å². The summed E-state index contributed by atoms with van der Waals surface area (Å²) in [5.41, 5.74) is 0.0690. The lowest BCUT2D eigenvalue weighted by Gasteiger charge is -2.27. The first-order chi connectivity index (χ1) is 8.69. The van der Waals surface area contributed by atoms with Gasteiger partial charge in [-0.1, -0.05) is 37.6 Å². The van der Waals surface area contributed by atoms with E-state index >= 15 is 0 Å². The van der Waals surface area contributed by atoms with Gasteiger partial charge in [-0.15, -0.1) is 0 Å². The molecule has 18 heavy (non-hydrogen) atoms. The maximum atomic E-state index is 13.3. The van der Waals surface area contributed by atoms with Crippen molar-refractivity contribution in [3.05, 3.63) is 48.3 Å². The van der Waals surface area contributed by atoms with Crippen LogP contribution >= 0.6 is 0 Å². The molecule has 1 aliphatic carbocycles. The Morgan fingerprint density at radius 1 is 1.44 bits per heavy atom. The second kappa shape index (κ2) is 5.34. The van der Waals surface area contributed by atoms with Gasteiger partial charge in [0.25, 0.3) is 0 Å². The predicted molar refractivity (Wildman–Crippen MR) is 67.7 cm³/mol. The molecule has 0 spiro atoms. The van der Waals surface area contributed by atoms with E-state index in [1.807, 2.05) is 6.07 Å². The van der Waals surface area contributed by atoms with Crippen LogP contribution in [-0.4, -0.2) is 12.6 Å². The van der Waals surface area contributed by atoms with Gasteiger partial charge >= 0.3 is 5.97 Å². The Balaban J connectivity index is 2.32. The molecule has 1 aliphatic rings. The normalized spacial score (nSPS) is 17.4. The third kappa shape index (κ3) is 2.30. The lowest BCUT2D eigenvalue weighted by atomic mass is 9.79. The molecule has 0 heterocycles. The fourth-order valence-corrected chi connectivity index (χ4v) is 2.65. The lowest BCUT2D eigenvalue weighted by molar-refractivity contribution is -0.149.